The second kappa shape index (κ2) is 5.91. The number of aromatic hydroxyl groups is 1. The molecule has 0 radical (unpaired) electrons. The normalized spacial score (nSPS) is 18.4. The van der Waals surface area contributed by atoms with Gasteiger partial charge in [-0.1, -0.05) is 25.1 Å². The lowest BCUT2D eigenvalue weighted by Gasteiger charge is -2.26. The van der Waals surface area contributed by atoms with Crippen molar-refractivity contribution in [3.63, 3.8) is 0 Å². The van der Waals surface area contributed by atoms with E-state index in [9.17, 15) is 9.90 Å². The molecule has 0 spiro atoms. The van der Waals surface area contributed by atoms with Crippen LogP contribution >= 0.6 is 0 Å². The Morgan fingerprint density at radius 3 is 2.95 bits per heavy atom. The molecule has 1 aliphatic heterocycles. The van der Waals surface area contributed by atoms with Gasteiger partial charge in [0.05, 0.1) is 0 Å². The minimum absolute atomic E-state index is 0.0419. The van der Waals surface area contributed by atoms with Crippen LogP contribution in [0.25, 0.3) is 0 Å². The quantitative estimate of drug-likeness (QED) is 0.806. The van der Waals surface area contributed by atoms with E-state index >= 15 is 0 Å². The van der Waals surface area contributed by atoms with Gasteiger partial charge in [-0.2, -0.15) is 0 Å². The molecule has 1 aromatic carbocycles. The van der Waals surface area contributed by atoms with E-state index in [1.165, 1.54) is 0 Å². The molecule has 0 aliphatic carbocycles. The van der Waals surface area contributed by atoms with E-state index < -0.39 is 0 Å². The molecule has 102 valence electrons. The van der Waals surface area contributed by atoms with Gasteiger partial charge in [-0.25, -0.2) is 0 Å². The van der Waals surface area contributed by atoms with Crippen LogP contribution in [-0.4, -0.2) is 11.0 Å². The van der Waals surface area contributed by atoms with Crippen molar-refractivity contribution in [2.45, 2.75) is 45.4 Å². The molecule has 0 saturated heterocycles. The summed E-state index contributed by atoms with van der Waals surface area (Å²) in [5.74, 6) is 0.537. The van der Waals surface area contributed by atoms with Gasteiger partial charge in [-0.3, -0.25) is 4.79 Å². The van der Waals surface area contributed by atoms with E-state index in [1.54, 1.807) is 6.07 Å². The zero-order valence-electron chi connectivity index (χ0n) is 11.6. The molecule has 0 aromatic heterocycles. The number of hydrogen-bond donors (Lipinski definition) is 2. The number of fused-ring (bicyclic) bond motifs is 1. The molecule has 1 heterocycles. The Balaban J connectivity index is 2.20. The summed E-state index contributed by atoms with van der Waals surface area (Å²) in [6, 6.07) is 3.66. The summed E-state index contributed by atoms with van der Waals surface area (Å²) in [5, 5.41) is 12.6. The van der Waals surface area contributed by atoms with Crippen LogP contribution in [-0.2, 0) is 4.79 Å². The summed E-state index contributed by atoms with van der Waals surface area (Å²) in [6.45, 7) is 4.01. The van der Waals surface area contributed by atoms with Gasteiger partial charge >= 0.3 is 0 Å². The topological polar surface area (TPSA) is 49.3 Å². The zero-order valence-corrected chi connectivity index (χ0v) is 11.6. The van der Waals surface area contributed by atoms with Crippen molar-refractivity contribution >= 4 is 11.6 Å². The molecule has 1 aliphatic rings. The first-order valence-corrected chi connectivity index (χ1v) is 6.90. The Morgan fingerprint density at radius 1 is 1.42 bits per heavy atom. The summed E-state index contributed by atoms with van der Waals surface area (Å²) in [7, 11) is 0. The van der Waals surface area contributed by atoms with E-state index in [2.05, 4.69) is 24.4 Å². The standard InChI is InChI=1S/C16H21NO2/c1-3-4-5-6-7-12-9-16(19)17-14-10-15(18)11(2)8-13(12)14/h4-5,8,10,12,18H,3,6-7,9H2,1-2H3,(H,17,19)/b5-4-. The van der Waals surface area contributed by atoms with Gasteiger partial charge in [-0.15, -0.1) is 0 Å². The van der Waals surface area contributed by atoms with Crippen LogP contribution in [0, 0.1) is 6.92 Å². The molecule has 2 rings (SSSR count). The summed E-state index contributed by atoms with van der Waals surface area (Å²) < 4.78 is 0. The van der Waals surface area contributed by atoms with E-state index in [4.69, 9.17) is 0 Å². The third-order valence-corrected chi connectivity index (χ3v) is 3.60. The van der Waals surface area contributed by atoms with Gasteiger partial charge in [0.15, 0.2) is 0 Å². The monoisotopic (exact) mass is 259 g/mol. The average Bonchev–Trinajstić information content (AvgIpc) is 2.36. The number of benzene rings is 1. The molecule has 19 heavy (non-hydrogen) atoms. The Bertz CT molecular complexity index is 506. The number of nitrogens with one attached hydrogen (secondary N) is 1. The van der Waals surface area contributed by atoms with E-state index in [0.29, 0.717) is 6.42 Å². The number of hydrogen-bond acceptors (Lipinski definition) is 2. The number of allylic oxidation sites excluding steroid dienone is 2. The number of aryl methyl sites for hydroxylation is 1. The molecule has 0 saturated carbocycles. The maximum atomic E-state index is 11.7. The Labute approximate surface area is 114 Å². The van der Waals surface area contributed by atoms with Crippen LogP contribution in [0.2, 0.25) is 0 Å². The highest BCUT2D eigenvalue weighted by molar-refractivity contribution is 5.95. The molecule has 1 unspecified atom stereocenters. The highest BCUT2D eigenvalue weighted by Crippen LogP contribution is 2.38. The third kappa shape index (κ3) is 3.16. The van der Waals surface area contributed by atoms with Crippen LogP contribution in [0.15, 0.2) is 24.3 Å². The second-order valence-electron chi connectivity index (χ2n) is 5.13. The maximum Gasteiger partial charge on any atom is 0.224 e. The van der Waals surface area contributed by atoms with Gasteiger partial charge in [0.25, 0.3) is 0 Å². The number of carbonyl (C=O) groups excluding carboxylic acids is 1. The van der Waals surface area contributed by atoms with Gasteiger partial charge in [-0.05, 0) is 43.2 Å². The first-order chi connectivity index (χ1) is 9.11. The molecule has 1 amide bonds. The van der Waals surface area contributed by atoms with Crippen molar-refractivity contribution in [2.75, 3.05) is 5.32 Å². The molecule has 1 aromatic rings. The first kappa shape index (κ1) is 13.7. The first-order valence-electron chi connectivity index (χ1n) is 6.90. The fourth-order valence-electron chi connectivity index (χ4n) is 2.54. The number of phenolic OH excluding ortho intramolecular Hbond substituents is 1. The van der Waals surface area contributed by atoms with Gasteiger partial charge in [0.1, 0.15) is 5.75 Å². The summed E-state index contributed by atoms with van der Waals surface area (Å²) in [6.07, 6.45) is 7.89. The highest BCUT2D eigenvalue weighted by atomic mass is 16.3. The predicted molar refractivity (Wildman–Crippen MR) is 77.5 cm³/mol. The van der Waals surface area contributed by atoms with Gasteiger partial charge in [0.2, 0.25) is 5.91 Å². The summed E-state index contributed by atoms with van der Waals surface area (Å²) in [5.41, 5.74) is 2.78. The van der Waals surface area contributed by atoms with E-state index in [1.807, 2.05) is 13.0 Å². The Morgan fingerprint density at radius 2 is 2.21 bits per heavy atom. The van der Waals surface area contributed by atoms with Crippen LogP contribution < -0.4 is 5.32 Å². The molecule has 0 bridgehead atoms. The summed E-state index contributed by atoms with van der Waals surface area (Å²) >= 11 is 0. The fraction of sp³-hybridized carbons (Fsp3) is 0.438. The van der Waals surface area contributed by atoms with Crippen molar-refractivity contribution in [3.8, 4) is 5.75 Å². The third-order valence-electron chi connectivity index (χ3n) is 3.60. The lowest BCUT2D eigenvalue weighted by Crippen LogP contribution is -2.23. The Kier molecular flexibility index (Phi) is 4.25. The molecular formula is C16H21NO2. The highest BCUT2D eigenvalue weighted by Gasteiger charge is 2.25. The van der Waals surface area contributed by atoms with Crippen LogP contribution in [0.3, 0.4) is 0 Å². The SMILES string of the molecule is CC/C=C\CCC1CC(=O)Nc2cc(O)c(C)cc21. The molecule has 1 atom stereocenters. The number of amides is 1. The number of anilines is 1. The number of carbonyl (C=O) groups is 1. The Hall–Kier alpha value is -1.77. The van der Waals surface area contributed by atoms with Crippen LogP contribution in [0.5, 0.6) is 5.75 Å². The predicted octanol–water partition coefficient (Wildman–Crippen LogP) is 3.87. The lowest BCUT2D eigenvalue weighted by atomic mass is 9.86. The minimum Gasteiger partial charge on any atom is -0.508 e. The van der Waals surface area contributed by atoms with E-state index in [-0.39, 0.29) is 17.6 Å². The number of rotatable bonds is 4. The average molecular weight is 259 g/mol. The molecule has 3 heteroatoms. The molecule has 2 N–H and O–H groups in total. The van der Waals surface area contributed by atoms with Crippen LogP contribution in [0.4, 0.5) is 5.69 Å². The van der Waals surface area contributed by atoms with Gasteiger partial charge < -0.3 is 10.4 Å². The van der Waals surface area contributed by atoms with E-state index in [0.717, 1.165) is 36.1 Å². The van der Waals surface area contributed by atoms with Crippen molar-refractivity contribution in [1.82, 2.24) is 0 Å². The number of phenols is 1. The molecule has 3 nitrogen and oxygen atoms in total. The van der Waals surface area contributed by atoms with Crippen molar-refractivity contribution in [1.29, 1.82) is 0 Å². The largest absolute Gasteiger partial charge is 0.508 e. The lowest BCUT2D eigenvalue weighted by molar-refractivity contribution is -0.116. The zero-order chi connectivity index (χ0) is 13.8. The fourth-order valence-corrected chi connectivity index (χ4v) is 2.54. The smallest absolute Gasteiger partial charge is 0.224 e. The maximum absolute atomic E-state index is 11.7. The minimum atomic E-state index is 0.0419. The van der Waals surface area contributed by atoms with Crippen molar-refractivity contribution in [2.24, 2.45) is 0 Å². The van der Waals surface area contributed by atoms with Crippen molar-refractivity contribution < 1.29 is 9.90 Å². The molecular weight excluding hydrogens is 238 g/mol. The summed E-state index contributed by atoms with van der Waals surface area (Å²) in [4.78, 5) is 11.7. The van der Waals surface area contributed by atoms with Crippen molar-refractivity contribution in [3.05, 3.63) is 35.4 Å². The van der Waals surface area contributed by atoms with Crippen LogP contribution in [0.1, 0.15) is 49.7 Å². The van der Waals surface area contributed by atoms with Gasteiger partial charge in [0, 0.05) is 18.2 Å². The second-order valence-corrected chi connectivity index (χ2v) is 5.13. The molecule has 0 fully saturated rings.